The number of rotatable bonds is 8. The Morgan fingerprint density at radius 3 is 2.44 bits per heavy atom. The van der Waals surface area contributed by atoms with Gasteiger partial charge in [-0.15, -0.1) is 0 Å². The zero-order chi connectivity index (χ0) is 12.6. The van der Waals surface area contributed by atoms with E-state index in [-0.39, 0.29) is 13.0 Å². The third-order valence-electron chi connectivity index (χ3n) is 1.91. The molecule has 0 fully saturated rings. The van der Waals surface area contributed by atoms with E-state index in [0.717, 1.165) is 0 Å². The molecule has 1 N–H and O–H groups in total. The van der Waals surface area contributed by atoms with E-state index in [9.17, 15) is 18.0 Å². The Morgan fingerprint density at radius 1 is 1.38 bits per heavy atom. The quantitative estimate of drug-likeness (QED) is 0.654. The first kappa shape index (κ1) is 15.2. The standard InChI is InChI=1S/C9H16F3NO3/c1-2-13(4-3-8(14)15)5-6-16-7-9(10,11)12/h2-7H2,1H3,(H,14,15). The van der Waals surface area contributed by atoms with Crippen molar-refractivity contribution in [2.75, 3.05) is 32.8 Å². The first-order valence-electron chi connectivity index (χ1n) is 4.93. The van der Waals surface area contributed by atoms with Crippen LogP contribution in [0.3, 0.4) is 0 Å². The number of halogens is 3. The minimum Gasteiger partial charge on any atom is -0.481 e. The monoisotopic (exact) mass is 243 g/mol. The fourth-order valence-corrected chi connectivity index (χ4v) is 1.06. The summed E-state index contributed by atoms with van der Waals surface area (Å²) in [6.07, 6.45) is -4.33. The van der Waals surface area contributed by atoms with Crippen LogP contribution >= 0.6 is 0 Å². The molecule has 0 aromatic carbocycles. The lowest BCUT2D eigenvalue weighted by molar-refractivity contribution is -0.174. The predicted molar refractivity (Wildman–Crippen MR) is 51.2 cm³/mol. The van der Waals surface area contributed by atoms with Gasteiger partial charge in [-0.25, -0.2) is 0 Å². The maximum atomic E-state index is 11.7. The highest BCUT2D eigenvalue weighted by molar-refractivity contribution is 5.66. The fraction of sp³-hybridized carbons (Fsp3) is 0.889. The molecule has 0 rings (SSSR count). The van der Waals surface area contributed by atoms with Gasteiger partial charge in [0.25, 0.3) is 0 Å². The lowest BCUT2D eigenvalue weighted by Gasteiger charge is -2.19. The first-order chi connectivity index (χ1) is 7.35. The Balaban J connectivity index is 3.59. The number of carboxylic acids is 1. The van der Waals surface area contributed by atoms with Gasteiger partial charge >= 0.3 is 12.1 Å². The van der Waals surface area contributed by atoms with Crippen molar-refractivity contribution in [3.05, 3.63) is 0 Å². The molecule has 0 atom stereocenters. The van der Waals surface area contributed by atoms with Gasteiger partial charge in [-0.2, -0.15) is 13.2 Å². The largest absolute Gasteiger partial charge is 0.481 e. The molecule has 96 valence electrons. The molecule has 0 saturated carbocycles. The van der Waals surface area contributed by atoms with Crippen molar-refractivity contribution >= 4 is 5.97 Å². The summed E-state index contributed by atoms with van der Waals surface area (Å²) in [5.74, 6) is -0.922. The normalized spacial score (nSPS) is 12.1. The summed E-state index contributed by atoms with van der Waals surface area (Å²) in [5.41, 5.74) is 0. The van der Waals surface area contributed by atoms with Crippen LogP contribution in [-0.2, 0) is 9.53 Å². The van der Waals surface area contributed by atoms with Crippen LogP contribution in [-0.4, -0.2) is 55.0 Å². The van der Waals surface area contributed by atoms with Crippen molar-refractivity contribution in [2.45, 2.75) is 19.5 Å². The van der Waals surface area contributed by atoms with Gasteiger partial charge in [0.1, 0.15) is 6.61 Å². The molecule has 4 nitrogen and oxygen atoms in total. The molecule has 0 aliphatic carbocycles. The second-order valence-electron chi connectivity index (χ2n) is 3.25. The van der Waals surface area contributed by atoms with Crippen molar-refractivity contribution in [1.82, 2.24) is 4.90 Å². The van der Waals surface area contributed by atoms with Crippen molar-refractivity contribution < 1.29 is 27.8 Å². The van der Waals surface area contributed by atoms with Crippen LogP contribution in [0.15, 0.2) is 0 Å². The molecule has 0 heterocycles. The smallest absolute Gasteiger partial charge is 0.411 e. The Morgan fingerprint density at radius 2 is 2.00 bits per heavy atom. The van der Waals surface area contributed by atoms with Gasteiger partial charge in [-0.05, 0) is 6.54 Å². The van der Waals surface area contributed by atoms with Crippen LogP contribution in [0, 0.1) is 0 Å². The first-order valence-corrected chi connectivity index (χ1v) is 4.93. The molecule has 0 unspecified atom stereocenters. The van der Waals surface area contributed by atoms with Gasteiger partial charge in [-0.1, -0.05) is 6.92 Å². The van der Waals surface area contributed by atoms with E-state index in [1.807, 2.05) is 6.92 Å². The number of alkyl halides is 3. The summed E-state index contributed by atoms with van der Waals surface area (Å²) in [7, 11) is 0. The third-order valence-corrected chi connectivity index (χ3v) is 1.91. The number of carboxylic acid groups (broad SMARTS) is 1. The highest BCUT2D eigenvalue weighted by Crippen LogP contribution is 2.14. The zero-order valence-electron chi connectivity index (χ0n) is 9.09. The number of likely N-dealkylation sites (N-methyl/N-ethyl adjacent to an activating group) is 1. The molecule has 0 amide bonds. The van der Waals surface area contributed by atoms with Crippen molar-refractivity contribution in [3.63, 3.8) is 0 Å². The van der Waals surface area contributed by atoms with E-state index in [4.69, 9.17) is 5.11 Å². The lowest BCUT2D eigenvalue weighted by atomic mass is 10.4. The molecular weight excluding hydrogens is 227 g/mol. The van der Waals surface area contributed by atoms with Crippen molar-refractivity contribution in [2.24, 2.45) is 0 Å². The van der Waals surface area contributed by atoms with Crippen LogP contribution in [0.1, 0.15) is 13.3 Å². The maximum Gasteiger partial charge on any atom is 0.411 e. The Hall–Kier alpha value is -0.820. The number of carbonyl (C=O) groups is 1. The SMILES string of the molecule is CCN(CCOCC(F)(F)F)CCC(=O)O. The number of nitrogens with zero attached hydrogens (tertiary/aromatic N) is 1. The van der Waals surface area contributed by atoms with Crippen LogP contribution in [0.4, 0.5) is 13.2 Å². The van der Waals surface area contributed by atoms with Gasteiger partial charge < -0.3 is 14.7 Å². The number of aliphatic carboxylic acids is 1. The van der Waals surface area contributed by atoms with E-state index in [1.165, 1.54) is 0 Å². The van der Waals surface area contributed by atoms with Crippen LogP contribution in [0.2, 0.25) is 0 Å². The molecule has 0 saturated heterocycles. The molecule has 0 aliphatic rings. The summed E-state index contributed by atoms with van der Waals surface area (Å²) in [5, 5.41) is 8.43. The Bertz CT molecular complexity index is 209. The third kappa shape index (κ3) is 9.72. The zero-order valence-corrected chi connectivity index (χ0v) is 9.09. The molecule has 0 aromatic heterocycles. The van der Waals surface area contributed by atoms with Crippen molar-refractivity contribution in [3.8, 4) is 0 Å². The van der Waals surface area contributed by atoms with Crippen molar-refractivity contribution in [1.29, 1.82) is 0 Å². The molecule has 0 aromatic rings. The average molecular weight is 243 g/mol. The number of hydrogen-bond acceptors (Lipinski definition) is 3. The molecule has 0 aliphatic heterocycles. The Kier molecular flexibility index (Phi) is 7.07. The summed E-state index contributed by atoms with van der Waals surface area (Å²) in [6, 6.07) is 0. The summed E-state index contributed by atoms with van der Waals surface area (Å²) in [4.78, 5) is 12.0. The number of hydrogen-bond donors (Lipinski definition) is 1. The van der Waals surface area contributed by atoms with Gasteiger partial charge in [0.05, 0.1) is 13.0 Å². The minimum absolute atomic E-state index is 0.0207. The molecule has 0 bridgehead atoms. The number of ether oxygens (including phenoxy) is 1. The highest BCUT2D eigenvalue weighted by atomic mass is 19.4. The lowest BCUT2D eigenvalue weighted by Crippen LogP contribution is -2.30. The topological polar surface area (TPSA) is 49.8 Å². The second-order valence-corrected chi connectivity index (χ2v) is 3.25. The summed E-state index contributed by atoms with van der Waals surface area (Å²) < 4.78 is 39.5. The van der Waals surface area contributed by atoms with E-state index >= 15 is 0 Å². The van der Waals surface area contributed by atoms with E-state index in [1.54, 1.807) is 4.90 Å². The molecule has 0 radical (unpaired) electrons. The second kappa shape index (κ2) is 7.45. The summed E-state index contributed by atoms with van der Waals surface area (Å²) >= 11 is 0. The molecular formula is C9H16F3NO3. The van der Waals surface area contributed by atoms with E-state index < -0.39 is 18.8 Å². The average Bonchev–Trinajstić information content (AvgIpc) is 2.15. The van der Waals surface area contributed by atoms with Crippen LogP contribution in [0.5, 0.6) is 0 Å². The fourth-order valence-electron chi connectivity index (χ4n) is 1.06. The van der Waals surface area contributed by atoms with E-state index in [0.29, 0.717) is 19.6 Å². The van der Waals surface area contributed by atoms with Gasteiger partial charge in [0.15, 0.2) is 0 Å². The molecule has 7 heteroatoms. The minimum atomic E-state index is -4.31. The van der Waals surface area contributed by atoms with Gasteiger partial charge in [0, 0.05) is 13.1 Å². The molecule has 0 spiro atoms. The Labute approximate surface area is 92.0 Å². The van der Waals surface area contributed by atoms with Gasteiger partial charge in [0.2, 0.25) is 0 Å². The van der Waals surface area contributed by atoms with E-state index in [2.05, 4.69) is 4.74 Å². The predicted octanol–water partition coefficient (Wildman–Crippen LogP) is 1.36. The van der Waals surface area contributed by atoms with Crippen LogP contribution in [0.25, 0.3) is 0 Å². The maximum absolute atomic E-state index is 11.7. The molecule has 16 heavy (non-hydrogen) atoms. The van der Waals surface area contributed by atoms with Crippen LogP contribution < -0.4 is 0 Å². The summed E-state index contributed by atoms with van der Waals surface area (Å²) in [6.45, 7) is 1.71. The van der Waals surface area contributed by atoms with Gasteiger partial charge in [-0.3, -0.25) is 4.79 Å². The highest BCUT2D eigenvalue weighted by Gasteiger charge is 2.27.